The number of ether oxygens (including phenoxy) is 2. The number of rotatable bonds is 9. The number of nitrogens with two attached hydrogens (primary N) is 1. The topological polar surface area (TPSA) is 73.6 Å². The van der Waals surface area contributed by atoms with Crippen molar-refractivity contribution in [2.75, 3.05) is 37.5 Å². The minimum atomic E-state index is -0.502. The largest absolute Gasteiger partial charge is 0.396 e. The Morgan fingerprint density at radius 1 is 1.29 bits per heavy atom. The second-order valence-corrected chi connectivity index (χ2v) is 5.12. The van der Waals surface area contributed by atoms with Crippen LogP contribution in [0.15, 0.2) is 18.2 Å². The molecule has 0 saturated carbocycles. The predicted octanol–water partition coefficient (Wildman–Crippen LogP) is 2.43. The number of hydrogen-bond donors (Lipinski definition) is 2. The van der Waals surface area contributed by atoms with E-state index in [-0.39, 0.29) is 18.0 Å². The van der Waals surface area contributed by atoms with Crippen LogP contribution in [-0.4, -0.2) is 32.3 Å². The zero-order valence-electron chi connectivity index (χ0n) is 12.5. The third-order valence-corrected chi connectivity index (χ3v) is 2.58. The first-order valence-electron chi connectivity index (χ1n) is 6.99. The van der Waals surface area contributed by atoms with Gasteiger partial charge in [-0.15, -0.1) is 0 Å². The molecule has 5 nitrogen and oxygen atoms in total. The number of amides is 1. The van der Waals surface area contributed by atoms with Crippen LogP contribution < -0.4 is 11.1 Å². The van der Waals surface area contributed by atoms with Crippen molar-refractivity contribution in [2.45, 2.75) is 20.3 Å². The van der Waals surface area contributed by atoms with Gasteiger partial charge in [0.15, 0.2) is 0 Å². The van der Waals surface area contributed by atoms with E-state index in [4.69, 9.17) is 15.2 Å². The summed E-state index contributed by atoms with van der Waals surface area (Å²) in [6.07, 6.45) is 0.224. The van der Waals surface area contributed by atoms with Gasteiger partial charge in [0.2, 0.25) is 5.91 Å². The van der Waals surface area contributed by atoms with Gasteiger partial charge >= 0.3 is 0 Å². The number of carbonyl (C=O) groups is 1. The molecule has 0 aromatic heterocycles. The fourth-order valence-electron chi connectivity index (χ4n) is 1.55. The summed E-state index contributed by atoms with van der Waals surface area (Å²) in [6, 6.07) is 4.06. The quantitative estimate of drug-likeness (QED) is 0.542. The molecule has 0 radical (unpaired) electrons. The normalized spacial score (nSPS) is 10.9. The summed E-state index contributed by atoms with van der Waals surface area (Å²) in [4.78, 5) is 11.6. The van der Waals surface area contributed by atoms with E-state index in [0.717, 1.165) is 0 Å². The van der Waals surface area contributed by atoms with Gasteiger partial charge in [-0.25, -0.2) is 4.39 Å². The van der Waals surface area contributed by atoms with E-state index in [1.165, 1.54) is 18.2 Å². The van der Waals surface area contributed by atoms with E-state index in [0.29, 0.717) is 38.0 Å². The van der Waals surface area contributed by atoms with E-state index >= 15 is 0 Å². The van der Waals surface area contributed by atoms with E-state index < -0.39 is 5.82 Å². The lowest BCUT2D eigenvalue weighted by Crippen LogP contribution is -2.16. The van der Waals surface area contributed by atoms with Crippen molar-refractivity contribution >= 4 is 17.3 Å². The van der Waals surface area contributed by atoms with Gasteiger partial charge in [-0.3, -0.25) is 4.79 Å². The van der Waals surface area contributed by atoms with Gasteiger partial charge in [0, 0.05) is 12.3 Å². The van der Waals surface area contributed by atoms with Crippen LogP contribution in [0.3, 0.4) is 0 Å². The summed E-state index contributed by atoms with van der Waals surface area (Å²) in [6.45, 7) is 6.15. The molecule has 118 valence electrons. The zero-order valence-corrected chi connectivity index (χ0v) is 12.5. The van der Waals surface area contributed by atoms with Crippen molar-refractivity contribution in [1.29, 1.82) is 0 Å². The summed E-state index contributed by atoms with van der Waals surface area (Å²) in [5.41, 5.74) is 5.90. The molecule has 6 heteroatoms. The highest BCUT2D eigenvalue weighted by Gasteiger charge is 2.05. The monoisotopic (exact) mass is 298 g/mol. The molecule has 1 aromatic rings. The summed E-state index contributed by atoms with van der Waals surface area (Å²) < 4.78 is 23.6. The fourth-order valence-corrected chi connectivity index (χ4v) is 1.55. The van der Waals surface area contributed by atoms with Gasteiger partial charge in [-0.05, 0) is 24.1 Å². The molecule has 0 heterocycles. The smallest absolute Gasteiger partial charge is 0.226 e. The first kappa shape index (κ1) is 17.4. The molecule has 21 heavy (non-hydrogen) atoms. The maximum absolute atomic E-state index is 13.0. The predicted molar refractivity (Wildman–Crippen MR) is 80.5 cm³/mol. The molecule has 0 bridgehead atoms. The summed E-state index contributed by atoms with van der Waals surface area (Å²) in [5, 5.41) is 2.63. The molecule has 0 spiro atoms. The maximum Gasteiger partial charge on any atom is 0.226 e. The van der Waals surface area contributed by atoms with Crippen molar-refractivity contribution in [3.63, 3.8) is 0 Å². The average molecular weight is 298 g/mol. The van der Waals surface area contributed by atoms with E-state index in [1.54, 1.807) is 0 Å². The number of hydrogen-bond acceptors (Lipinski definition) is 4. The molecular formula is C15H23FN2O3. The molecule has 1 aromatic carbocycles. The average Bonchev–Trinajstić information content (AvgIpc) is 2.41. The molecule has 1 rings (SSSR count). The Morgan fingerprint density at radius 3 is 2.67 bits per heavy atom. The summed E-state index contributed by atoms with van der Waals surface area (Å²) in [7, 11) is 0. The van der Waals surface area contributed by atoms with E-state index in [9.17, 15) is 9.18 Å². The van der Waals surface area contributed by atoms with Crippen molar-refractivity contribution in [1.82, 2.24) is 0 Å². The lowest BCUT2D eigenvalue weighted by atomic mass is 10.2. The van der Waals surface area contributed by atoms with Gasteiger partial charge in [-0.1, -0.05) is 13.8 Å². The number of nitrogens with one attached hydrogen (secondary N) is 1. The number of carbonyl (C=O) groups excluding carboxylic acids is 1. The third kappa shape index (κ3) is 7.63. The molecule has 1 amide bonds. The Morgan fingerprint density at radius 2 is 2.00 bits per heavy atom. The third-order valence-electron chi connectivity index (χ3n) is 2.58. The van der Waals surface area contributed by atoms with Gasteiger partial charge in [0.25, 0.3) is 0 Å². The minimum Gasteiger partial charge on any atom is -0.396 e. The molecule has 0 atom stereocenters. The van der Waals surface area contributed by atoms with Gasteiger partial charge < -0.3 is 20.5 Å². The molecular weight excluding hydrogens is 275 g/mol. The standard InChI is InChI=1S/C15H23FN2O3/c1-11(2)10-21-8-7-20-6-5-15(19)18-12-3-4-13(16)14(17)9-12/h3-4,9,11H,5-8,10,17H2,1-2H3,(H,18,19). The van der Waals surface area contributed by atoms with Crippen molar-refractivity contribution in [3.05, 3.63) is 24.0 Å². The van der Waals surface area contributed by atoms with Crippen LogP contribution in [0.5, 0.6) is 0 Å². The Hall–Kier alpha value is -1.66. The van der Waals surface area contributed by atoms with Crippen LogP contribution in [-0.2, 0) is 14.3 Å². The molecule has 0 saturated heterocycles. The Bertz CT molecular complexity index is 453. The van der Waals surface area contributed by atoms with Crippen LogP contribution >= 0.6 is 0 Å². The highest BCUT2D eigenvalue weighted by molar-refractivity contribution is 5.91. The van der Waals surface area contributed by atoms with Crippen molar-refractivity contribution < 1.29 is 18.7 Å². The Balaban J connectivity index is 2.12. The van der Waals surface area contributed by atoms with E-state index in [1.807, 2.05) is 0 Å². The Labute approximate surface area is 124 Å². The first-order chi connectivity index (χ1) is 9.99. The summed E-state index contributed by atoms with van der Waals surface area (Å²) in [5.74, 6) is -0.208. The lowest BCUT2D eigenvalue weighted by molar-refractivity contribution is -0.117. The number of anilines is 2. The maximum atomic E-state index is 13.0. The van der Waals surface area contributed by atoms with Crippen LogP contribution in [0, 0.1) is 11.7 Å². The SMILES string of the molecule is CC(C)COCCOCCC(=O)Nc1ccc(F)c(N)c1. The first-order valence-corrected chi connectivity index (χ1v) is 6.99. The molecule has 0 aliphatic carbocycles. The zero-order chi connectivity index (χ0) is 15.7. The molecule has 0 fully saturated rings. The van der Waals surface area contributed by atoms with E-state index in [2.05, 4.69) is 19.2 Å². The van der Waals surface area contributed by atoms with Crippen molar-refractivity contribution in [2.24, 2.45) is 5.92 Å². The fraction of sp³-hybridized carbons (Fsp3) is 0.533. The Kier molecular flexibility index (Phi) is 7.71. The van der Waals surface area contributed by atoms with Gasteiger partial charge in [0.1, 0.15) is 5.82 Å². The molecule has 0 aliphatic rings. The highest BCUT2D eigenvalue weighted by Crippen LogP contribution is 2.16. The molecule has 0 unspecified atom stereocenters. The number of halogens is 1. The summed E-state index contributed by atoms with van der Waals surface area (Å²) >= 11 is 0. The van der Waals surface area contributed by atoms with Crippen LogP contribution in [0.1, 0.15) is 20.3 Å². The highest BCUT2D eigenvalue weighted by atomic mass is 19.1. The van der Waals surface area contributed by atoms with Crippen molar-refractivity contribution in [3.8, 4) is 0 Å². The second kappa shape index (κ2) is 9.31. The van der Waals surface area contributed by atoms with Gasteiger partial charge in [0.05, 0.1) is 31.9 Å². The number of benzene rings is 1. The lowest BCUT2D eigenvalue weighted by Gasteiger charge is -2.08. The van der Waals surface area contributed by atoms with Crippen LogP contribution in [0.2, 0.25) is 0 Å². The second-order valence-electron chi connectivity index (χ2n) is 5.12. The number of nitrogen functional groups attached to an aromatic ring is 1. The van der Waals surface area contributed by atoms with Gasteiger partial charge in [-0.2, -0.15) is 0 Å². The van der Waals surface area contributed by atoms with Crippen LogP contribution in [0.4, 0.5) is 15.8 Å². The molecule has 0 aliphatic heterocycles. The minimum absolute atomic E-state index is 0.00588. The molecule has 3 N–H and O–H groups in total. The van der Waals surface area contributed by atoms with Crippen LogP contribution in [0.25, 0.3) is 0 Å².